The first-order valence-electron chi connectivity index (χ1n) is 7.16. The van der Waals surface area contributed by atoms with E-state index in [0.29, 0.717) is 36.1 Å². The summed E-state index contributed by atoms with van der Waals surface area (Å²) in [6.07, 6.45) is 0.931. The molecule has 0 aliphatic carbocycles. The molecule has 0 aliphatic rings. The van der Waals surface area contributed by atoms with Gasteiger partial charge in [0.1, 0.15) is 23.0 Å². The number of hydrogen-bond acceptors (Lipinski definition) is 4. The van der Waals surface area contributed by atoms with Crippen LogP contribution in [-0.4, -0.2) is 13.2 Å². The molecule has 0 heterocycles. The van der Waals surface area contributed by atoms with Gasteiger partial charge in [0.15, 0.2) is 0 Å². The van der Waals surface area contributed by atoms with Crippen LogP contribution in [0.2, 0.25) is 0 Å². The summed E-state index contributed by atoms with van der Waals surface area (Å²) in [6, 6.07) is 12.9. The fourth-order valence-electron chi connectivity index (χ4n) is 1.85. The Morgan fingerprint density at radius 2 is 1.67 bits per heavy atom. The van der Waals surface area contributed by atoms with E-state index in [2.05, 4.69) is 6.92 Å². The summed E-state index contributed by atoms with van der Waals surface area (Å²) in [7, 11) is 0. The van der Waals surface area contributed by atoms with E-state index in [9.17, 15) is 0 Å². The fourth-order valence-corrected chi connectivity index (χ4v) is 1.85. The summed E-state index contributed by atoms with van der Waals surface area (Å²) in [6.45, 7) is 5.26. The van der Waals surface area contributed by atoms with E-state index < -0.39 is 0 Å². The van der Waals surface area contributed by atoms with E-state index in [4.69, 9.17) is 19.9 Å². The maximum atomic E-state index is 5.89. The van der Waals surface area contributed by atoms with E-state index in [0.717, 1.165) is 12.2 Å². The van der Waals surface area contributed by atoms with Crippen LogP contribution in [0.25, 0.3) is 0 Å². The van der Waals surface area contributed by atoms with Gasteiger partial charge in [-0.2, -0.15) is 0 Å². The predicted octanol–water partition coefficient (Wildman–Crippen LogP) is 4.25. The quantitative estimate of drug-likeness (QED) is 0.773. The second-order valence-electron chi connectivity index (χ2n) is 4.56. The van der Waals surface area contributed by atoms with Crippen LogP contribution in [0.1, 0.15) is 20.3 Å². The van der Waals surface area contributed by atoms with Crippen molar-refractivity contribution < 1.29 is 14.2 Å². The number of nitrogens with two attached hydrogens (primary N) is 1. The largest absolute Gasteiger partial charge is 0.494 e. The summed E-state index contributed by atoms with van der Waals surface area (Å²) in [5, 5.41) is 0. The molecule has 0 radical (unpaired) electrons. The van der Waals surface area contributed by atoms with Gasteiger partial charge in [-0.05, 0) is 37.6 Å². The molecule has 0 unspecified atom stereocenters. The van der Waals surface area contributed by atoms with Crippen molar-refractivity contribution in [3.8, 4) is 23.0 Å². The number of hydrogen-bond donors (Lipinski definition) is 1. The molecule has 0 fully saturated rings. The highest BCUT2D eigenvalue weighted by molar-refractivity contribution is 5.56. The Hall–Kier alpha value is -2.36. The van der Waals surface area contributed by atoms with Gasteiger partial charge in [0, 0.05) is 12.1 Å². The summed E-state index contributed by atoms with van der Waals surface area (Å²) in [5.41, 5.74) is 6.50. The normalized spacial score (nSPS) is 10.2. The lowest BCUT2D eigenvalue weighted by atomic mass is 10.2. The Kier molecular flexibility index (Phi) is 5.32. The van der Waals surface area contributed by atoms with Crippen molar-refractivity contribution >= 4 is 5.69 Å². The summed E-state index contributed by atoms with van der Waals surface area (Å²) in [5.74, 6) is 2.83. The van der Waals surface area contributed by atoms with Crippen molar-refractivity contribution in [1.82, 2.24) is 0 Å². The minimum atomic E-state index is 0.610. The van der Waals surface area contributed by atoms with Crippen LogP contribution in [0.4, 0.5) is 5.69 Å². The molecular formula is C17H21NO3. The van der Waals surface area contributed by atoms with E-state index >= 15 is 0 Å². The molecule has 0 aliphatic heterocycles. The molecule has 0 atom stereocenters. The van der Waals surface area contributed by atoms with Gasteiger partial charge in [-0.25, -0.2) is 0 Å². The first kappa shape index (κ1) is 15.0. The minimum Gasteiger partial charge on any atom is -0.494 e. The molecule has 2 N–H and O–H groups in total. The number of rotatable bonds is 7. The molecule has 0 saturated heterocycles. The first-order valence-corrected chi connectivity index (χ1v) is 7.16. The van der Waals surface area contributed by atoms with Crippen LogP contribution in [0, 0.1) is 0 Å². The van der Waals surface area contributed by atoms with Crippen LogP contribution >= 0.6 is 0 Å². The first-order chi connectivity index (χ1) is 10.2. The molecule has 0 aromatic heterocycles. The number of ether oxygens (including phenoxy) is 3. The second-order valence-corrected chi connectivity index (χ2v) is 4.56. The zero-order chi connectivity index (χ0) is 15.1. The summed E-state index contributed by atoms with van der Waals surface area (Å²) >= 11 is 0. The van der Waals surface area contributed by atoms with Gasteiger partial charge in [-0.1, -0.05) is 13.0 Å². The van der Waals surface area contributed by atoms with Gasteiger partial charge in [-0.15, -0.1) is 0 Å². The zero-order valence-corrected chi connectivity index (χ0v) is 12.5. The highest BCUT2D eigenvalue weighted by Crippen LogP contribution is 2.31. The van der Waals surface area contributed by atoms with Crippen LogP contribution in [-0.2, 0) is 0 Å². The van der Waals surface area contributed by atoms with Crippen molar-refractivity contribution in [2.45, 2.75) is 20.3 Å². The van der Waals surface area contributed by atoms with E-state index in [1.165, 1.54) is 0 Å². The van der Waals surface area contributed by atoms with Gasteiger partial charge in [0.05, 0.1) is 18.9 Å². The number of benzene rings is 2. The molecule has 112 valence electrons. The third kappa shape index (κ3) is 4.31. The zero-order valence-electron chi connectivity index (χ0n) is 12.5. The minimum absolute atomic E-state index is 0.610. The highest BCUT2D eigenvalue weighted by atomic mass is 16.5. The molecule has 0 amide bonds. The molecule has 0 bridgehead atoms. The average molecular weight is 287 g/mol. The third-order valence-corrected chi connectivity index (χ3v) is 2.80. The molecule has 2 aromatic carbocycles. The van der Waals surface area contributed by atoms with Crippen molar-refractivity contribution in [3.63, 3.8) is 0 Å². The van der Waals surface area contributed by atoms with Gasteiger partial charge < -0.3 is 19.9 Å². The van der Waals surface area contributed by atoms with Gasteiger partial charge in [0.2, 0.25) is 0 Å². The number of anilines is 1. The molecule has 0 spiro atoms. The van der Waals surface area contributed by atoms with Gasteiger partial charge in [0.25, 0.3) is 0 Å². The highest BCUT2D eigenvalue weighted by Gasteiger charge is 2.05. The standard InChI is InChI=1S/C17H21NO3/c1-3-10-20-17-12-15(8-9-16(17)18)21-14-7-5-6-13(11-14)19-4-2/h5-9,11-12H,3-4,10,18H2,1-2H3. The van der Waals surface area contributed by atoms with E-state index in [-0.39, 0.29) is 0 Å². The molecule has 2 rings (SSSR count). The monoisotopic (exact) mass is 287 g/mol. The maximum absolute atomic E-state index is 5.89. The lowest BCUT2D eigenvalue weighted by Crippen LogP contribution is -1.99. The fraction of sp³-hybridized carbons (Fsp3) is 0.294. The topological polar surface area (TPSA) is 53.7 Å². The van der Waals surface area contributed by atoms with Crippen molar-refractivity contribution in [2.75, 3.05) is 18.9 Å². The molecule has 4 nitrogen and oxygen atoms in total. The molecular weight excluding hydrogens is 266 g/mol. The Bertz CT molecular complexity index is 584. The van der Waals surface area contributed by atoms with Crippen LogP contribution in [0.15, 0.2) is 42.5 Å². The van der Waals surface area contributed by atoms with Crippen LogP contribution < -0.4 is 19.9 Å². The lowest BCUT2D eigenvalue weighted by molar-refractivity contribution is 0.317. The molecule has 21 heavy (non-hydrogen) atoms. The Balaban J connectivity index is 2.13. The Morgan fingerprint density at radius 3 is 2.43 bits per heavy atom. The predicted molar refractivity (Wildman–Crippen MR) is 84.3 cm³/mol. The van der Waals surface area contributed by atoms with Crippen LogP contribution in [0.5, 0.6) is 23.0 Å². The molecule has 2 aromatic rings. The Labute approximate surface area is 125 Å². The second kappa shape index (κ2) is 7.43. The molecule has 4 heteroatoms. The smallest absolute Gasteiger partial charge is 0.145 e. The van der Waals surface area contributed by atoms with Gasteiger partial charge in [-0.3, -0.25) is 0 Å². The number of nitrogen functional groups attached to an aromatic ring is 1. The van der Waals surface area contributed by atoms with Crippen molar-refractivity contribution in [3.05, 3.63) is 42.5 Å². The van der Waals surface area contributed by atoms with Gasteiger partial charge >= 0.3 is 0 Å². The van der Waals surface area contributed by atoms with Crippen molar-refractivity contribution in [2.24, 2.45) is 0 Å². The summed E-state index contributed by atoms with van der Waals surface area (Å²) in [4.78, 5) is 0. The SMILES string of the molecule is CCCOc1cc(Oc2cccc(OCC)c2)ccc1N. The maximum Gasteiger partial charge on any atom is 0.145 e. The van der Waals surface area contributed by atoms with E-state index in [1.54, 1.807) is 12.1 Å². The molecule has 0 saturated carbocycles. The average Bonchev–Trinajstić information content (AvgIpc) is 2.48. The summed E-state index contributed by atoms with van der Waals surface area (Å²) < 4.78 is 16.9. The van der Waals surface area contributed by atoms with Crippen LogP contribution in [0.3, 0.4) is 0 Å². The lowest BCUT2D eigenvalue weighted by Gasteiger charge is -2.11. The van der Waals surface area contributed by atoms with E-state index in [1.807, 2.05) is 37.3 Å². The Morgan fingerprint density at radius 1 is 0.905 bits per heavy atom. The van der Waals surface area contributed by atoms with Crippen molar-refractivity contribution in [1.29, 1.82) is 0 Å². The third-order valence-electron chi connectivity index (χ3n) is 2.80.